The third-order valence-corrected chi connectivity index (χ3v) is 2.45. The first-order chi connectivity index (χ1) is 9.15. The minimum Gasteiger partial charge on any atom is -0.366 e. The Morgan fingerprint density at radius 2 is 1.89 bits per heavy atom. The molecular formula is C12H11N5OS. The second-order valence-electron chi connectivity index (χ2n) is 3.62. The lowest BCUT2D eigenvalue weighted by molar-refractivity contribution is 0.100. The van der Waals surface area contributed by atoms with Crippen LogP contribution in [-0.2, 0) is 0 Å². The highest BCUT2D eigenvalue weighted by Gasteiger charge is 2.02. The van der Waals surface area contributed by atoms with Gasteiger partial charge in [-0.3, -0.25) is 4.79 Å². The Hall–Kier alpha value is -2.54. The number of nitrogens with zero attached hydrogens (tertiary/aromatic N) is 2. The molecule has 1 amide bonds. The summed E-state index contributed by atoms with van der Waals surface area (Å²) < 4.78 is 0. The normalized spacial score (nSPS) is 9.68. The summed E-state index contributed by atoms with van der Waals surface area (Å²) in [6.07, 6.45) is 3.03. The number of rotatable bonds is 3. The maximum atomic E-state index is 10.9. The van der Waals surface area contributed by atoms with Crippen LogP contribution >= 0.6 is 12.2 Å². The van der Waals surface area contributed by atoms with E-state index in [0.29, 0.717) is 16.5 Å². The Kier molecular flexibility index (Phi) is 3.99. The van der Waals surface area contributed by atoms with Crippen LogP contribution < -0.4 is 16.4 Å². The van der Waals surface area contributed by atoms with E-state index >= 15 is 0 Å². The molecule has 1 aromatic heterocycles. The number of anilines is 2. The van der Waals surface area contributed by atoms with Crippen molar-refractivity contribution in [2.75, 3.05) is 10.6 Å². The summed E-state index contributed by atoms with van der Waals surface area (Å²) in [7, 11) is 0. The molecule has 6 nitrogen and oxygen atoms in total. The van der Waals surface area contributed by atoms with Crippen molar-refractivity contribution in [3.8, 4) is 0 Å². The maximum absolute atomic E-state index is 10.9. The van der Waals surface area contributed by atoms with Crippen LogP contribution in [0.5, 0.6) is 0 Å². The van der Waals surface area contributed by atoms with Gasteiger partial charge in [0.25, 0.3) is 0 Å². The molecule has 7 heteroatoms. The lowest BCUT2D eigenvalue weighted by Crippen LogP contribution is -2.19. The zero-order chi connectivity index (χ0) is 13.7. The predicted octanol–water partition coefficient (Wildman–Crippen LogP) is 1.38. The number of carbonyl (C=O) groups excluding carboxylic acids is 1. The number of aromatic nitrogens is 2. The molecule has 0 saturated carbocycles. The van der Waals surface area contributed by atoms with Crippen LogP contribution in [0.4, 0.5) is 11.5 Å². The van der Waals surface area contributed by atoms with Gasteiger partial charge in [-0.25, -0.2) is 9.97 Å². The molecular weight excluding hydrogens is 262 g/mol. The lowest BCUT2D eigenvalue weighted by Gasteiger charge is -2.09. The number of hydrogen-bond acceptors (Lipinski definition) is 4. The minimum atomic E-state index is -0.465. The van der Waals surface area contributed by atoms with E-state index in [2.05, 4.69) is 20.6 Å². The molecule has 0 radical (unpaired) electrons. The molecule has 19 heavy (non-hydrogen) atoms. The van der Waals surface area contributed by atoms with E-state index in [0.717, 1.165) is 5.69 Å². The maximum Gasteiger partial charge on any atom is 0.248 e. The van der Waals surface area contributed by atoms with Crippen molar-refractivity contribution in [3.05, 3.63) is 48.4 Å². The van der Waals surface area contributed by atoms with Crippen molar-refractivity contribution in [1.29, 1.82) is 0 Å². The first kappa shape index (κ1) is 12.9. The Bertz CT molecular complexity index is 585. The topological polar surface area (TPSA) is 92.9 Å². The van der Waals surface area contributed by atoms with Crippen LogP contribution in [-0.4, -0.2) is 21.0 Å². The van der Waals surface area contributed by atoms with Gasteiger partial charge in [-0.2, -0.15) is 0 Å². The fourth-order valence-electron chi connectivity index (χ4n) is 1.36. The van der Waals surface area contributed by atoms with Gasteiger partial charge in [0.2, 0.25) is 5.91 Å². The number of primary amides is 1. The van der Waals surface area contributed by atoms with E-state index in [1.165, 1.54) is 6.33 Å². The summed E-state index contributed by atoms with van der Waals surface area (Å²) in [6.45, 7) is 0. The van der Waals surface area contributed by atoms with Gasteiger partial charge in [0.05, 0.1) is 0 Å². The fraction of sp³-hybridized carbons (Fsp3) is 0. The molecule has 0 unspecified atom stereocenters. The summed E-state index contributed by atoms with van der Waals surface area (Å²) in [6, 6.07) is 8.38. The first-order valence-electron chi connectivity index (χ1n) is 5.39. The number of nitrogens with two attached hydrogens (primary N) is 1. The van der Waals surface area contributed by atoms with Crippen molar-refractivity contribution in [2.45, 2.75) is 0 Å². The van der Waals surface area contributed by atoms with E-state index in [9.17, 15) is 4.79 Å². The van der Waals surface area contributed by atoms with Gasteiger partial charge in [0.15, 0.2) is 5.11 Å². The van der Waals surface area contributed by atoms with Crippen LogP contribution in [0.15, 0.2) is 42.9 Å². The number of thiocarbonyl (C=S) groups is 1. The summed E-state index contributed by atoms with van der Waals surface area (Å²) >= 11 is 5.13. The Balaban J connectivity index is 1.97. The first-order valence-corrected chi connectivity index (χ1v) is 5.80. The third-order valence-electron chi connectivity index (χ3n) is 2.25. The Morgan fingerprint density at radius 1 is 1.16 bits per heavy atom. The molecule has 4 N–H and O–H groups in total. The molecule has 0 aliphatic rings. The van der Waals surface area contributed by atoms with E-state index in [-0.39, 0.29) is 0 Å². The highest BCUT2D eigenvalue weighted by atomic mass is 32.1. The molecule has 0 atom stereocenters. The highest BCUT2D eigenvalue weighted by molar-refractivity contribution is 7.80. The molecule has 96 valence electrons. The van der Waals surface area contributed by atoms with Crippen molar-refractivity contribution in [1.82, 2.24) is 9.97 Å². The highest BCUT2D eigenvalue weighted by Crippen LogP contribution is 2.10. The van der Waals surface area contributed by atoms with E-state index in [1.807, 2.05) is 0 Å². The largest absolute Gasteiger partial charge is 0.366 e. The van der Waals surface area contributed by atoms with Gasteiger partial charge < -0.3 is 16.4 Å². The van der Waals surface area contributed by atoms with E-state index < -0.39 is 5.91 Å². The molecule has 0 aliphatic heterocycles. The molecule has 0 aliphatic carbocycles. The fourth-order valence-corrected chi connectivity index (χ4v) is 1.58. The van der Waals surface area contributed by atoms with E-state index in [4.69, 9.17) is 18.0 Å². The van der Waals surface area contributed by atoms with Gasteiger partial charge in [-0.1, -0.05) is 0 Å². The van der Waals surface area contributed by atoms with Gasteiger partial charge in [0, 0.05) is 17.4 Å². The van der Waals surface area contributed by atoms with Crippen LogP contribution in [0, 0.1) is 0 Å². The van der Waals surface area contributed by atoms with Crippen LogP contribution in [0.3, 0.4) is 0 Å². The number of hydrogen-bond donors (Lipinski definition) is 3. The average molecular weight is 273 g/mol. The van der Waals surface area contributed by atoms with Gasteiger partial charge in [-0.15, -0.1) is 0 Å². The van der Waals surface area contributed by atoms with Crippen LogP contribution in [0.1, 0.15) is 10.4 Å². The Morgan fingerprint density at radius 3 is 2.47 bits per heavy atom. The van der Waals surface area contributed by atoms with Gasteiger partial charge >= 0.3 is 0 Å². The number of benzene rings is 1. The van der Waals surface area contributed by atoms with Crippen molar-refractivity contribution >= 4 is 34.7 Å². The van der Waals surface area contributed by atoms with E-state index in [1.54, 1.807) is 36.5 Å². The zero-order valence-corrected chi connectivity index (χ0v) is 10.6. The number of amides is 1. The molecule has 0 spiro atoms. The summed E-state index contributed by atoms with van der Waals surface area (Å²) in [5.41, 5.74) is 6.35. The second-order valence-corrected chi connectivity index (χ2v) is 4.02. The van der Waals surface area contributed by atoms with Crippen molar-refractivity contribution in [2.24, 2.45) is 5.73 Å². The summed E-state index contributed by atoms with van der Waals surface area (Å²) in [5.74, 6) is 0.134. The molecule has 2 rings (SSSR count). The minimum absolute atomic E-state index is 0.394. The SMILES string of the molecule is NC(=O)c1ccc(NC(=S)Nc2ccncn2)cc1. The Labute approximate surface area is 115 Å². The molecule has 0 bridgehead atoms. The molecule has 1 heterocycles. The summed E-state index contributed by atoms with van der Waals surface area (Å²) in [5, 5.41) is 6.26. The molecule has 2 aromatic rings. The smallest absolute Gasteiger partial charge is 0.248 e. The van der Waals surface area contributed by atoms with Crippen molar-refractivity contribution < 1.29 is 4.79 Å². The van der Waals surface area contributed by atoms with Gasteiger partial charge in [0.1, 0.15) is 12.1 Å². The predicted molar refractivity (Wildman–Crippen MR) is 76.8 cm³/mol. The quantitative estimate of drug-likeness (QED) is 0.732. The van der Waals surface area contributed by atoms with Gasteiger partial charge in [-0.05, 0) is 42.5 Å². The third kappa shape index (κ3) is 3.71. The monoisotopic (exact) mass is 273 g/mol. The standard InChI is InChI=1S/C12H11N5OS/c13-11(18)8-1-3-9(4-2-8)16-12(19)17-10-5-6-14-7-15-10/h1-7H,(H2,13,18)(H2,14,15,16,17,19). The second kappa shape index (κ2) is 5.87. The number of nitrogens with one attached hydrogen (secondary N) is 2. The molecule has 1 aromatic carbocycles. The van der Waals surface area contributed by atoms with Crippen LogP contribution in [0.25, 0.3) is 0 Å². The van der Waals surface area contributed by atoms with Crippen molar-refractivity contribution in [3.63, 3.8) is 0 Å². The molecule has 0 fully saturated rings. The number of carbonyl (C=O) groups is 1. The van der Waals surface area contributed by atoms with Crippen LogP contribution in [0.2, 0.25) is 0 Å². The zero-order valence-electron chi connectivity index (χ0n) is 9.83. The lowest BCUT2D eigenvalue weighted by atomic mass is 10.2. The summed E-state index contributed by atoms with van der Waals surface area (Å²) in [4.78, 5) is 18.7. The molecule has 0 saturated heterocycles. The average Bonchev–Trinajstić information content (AvgIpc) is 2.40.